The lowest BCUT2D eigenvalue weighted by atomic mass is 9.90. The minimum absolute atomic E-state index is 0.548. The fourth-order valence-electron chi connectivity index (χ4n) is 2.83. The van der Waals surface area contributed by atoms with E-state index in [0.717, 1.165) is 18.6 Å². The molecule has 2 aliphatic rings. The van der Waals surface area contributed by atoms with Crippen LogP contribution < -0.4 is 5.32 Å². The topological polar surface area (TPSA) is 21.3 Å². The summed E-state index contributed by atoms with van der Waals surface area (Å²) in [5.74, 6) is 0.783. The van der Waals surface area contributed by atoms with Gasteiger partial charge in [-0.05, 0) is 38.0 Å². The molecule has 0 aromatic heterocycles. The molecule has 100 valence electrons. The van der Waals surface area contributed by atoms with Crippen LogP contribution in [-0.2, 0) is 4.74 Å². The summed E-state index contributed by atoms with van der Waals surface area (Å²) < 4.78 is 5.98. The van der Waals surface area contributed by atoms with Crippen LogP contribution in [0.15, 0.2) is 0 Å². The molecule has 0 spiro atoms. The molecule has 2 atom stereocenters. The minimum atomic E-state index is 0.548. The predicted molar refractivity (Wildman–Crippen MR) is 72.2 cm³/mol. The summed E-state index contributed by atoms with van der Waals surface area (Å²) in [5, 5.41) is 3.68. The normalized spacial score (nSPS) is 29.5. The highest BCUT2D eigenvalue weighted by molar-refractivity contribution is 4.84. The van der Waals surface area contributed by atoms with E-state index in [4.69, 9.17) is 4.74 Å². The van der Waals surface area contributed by atoms with Crippen molar-refractivity contribution in [2.24, 2.45) is 5.92 Å². The monoisotopic (exact) mass is 239 g/mol. The first-order valence-corrected chi connectivity index (χ1v) is 7.75. The highest BCUT2D eigenvalue weighted by atomic mass is 16.5. The molecule has 1 N–H and O–H groups in total. The molecular weight excluding hydrogens is 210 g/mol. The maximum absolute atomic E-state index is 5.98. The van der Waals surface area contributed by atoms with E-state index in [-0.39, 0.29) is 0 Å². The van der Waals surface area contributed by atoms with Gasteiger partial charge < -0.3 is 10.1 Å². The van der Waals surface area contributed by atoms with Crippen LogP contribution in [-0.4, -0.2) is 25.3 Å². The zero-order valence-electron chi connectivity index (χ0n) is 11.4. The Bertz CT molecular complexity index is 203. The summed E-state index contributed by atoms with van der Waals surface area (Å²) in [4.78, 5) is 0. The largest absolute Gasteiger partial charge is 0.378 e. The molecule has 2 nitrogen and oxygen atoms in total. The van der Waals surface area contributed by atoms with Gasteiger partial charge in [0.2, 0.25) is 0 Å². The quantitative estimate of drug-likeness (QED) is 0.655. The number of rotatable bonds is 8. The van der Waals surface area contributed by atoms with Crippen LogP contribution in [0.4, 0.5) is 0 Å². The van der Waals surface area contributed by atoms with Gasteiger partial charge in [0.1, 0.15) is 0 Å². The van der Waals surface area contributed by atoms with E-state index in [1.165, 1.54) is 64.3 Å². The van der Waals surface area contributed by atoms with Crippen molar-refractivity contribution in [3.05, 3.63) is 0 Å². The van der Waals surface area contributed by atoms with Crippen molar-refractivity contribution in [3.8, 4) is 0 Å². The van der Waals surface area contributed by atoms with Crippen LogP contribution in [0.1, 0.15) is 64.7 Å². The predicted octanol–water partition coefficient (Wildman–Crippen LogP) is 3.50. The van der Waals surface area contributed by atoms with Crippen LogP contribution in [0, 0.1) is 5.92 Å². The van der Waals surface area contributed by atoms with Crippen molar-refractivity contribution < 1.29 is 4.74 Å². The van der Waals surface area contributed by atoms with Crippen molar-refractivity contribution in [3.63, 3.8) is 0 Å². The lowest BCUT2D eigenvalue weighted by Gasteiger charge is -2.32. The third kappa shape index (κ3) is 4.97. The highest BCUT2D eigenvalue weighted by Crippen LogP contribution is 2.26. The number of nitrogens with one attached hydrogen (secondary N) is 1. The Labute approximate surface area is 107 Å². The van der Waals surface area contributed by atoms with Crippen molar-refractivity contribution in [2.45, 2.75) is 76.9 Å². The van der Waals surface area contributed by atoms with Gasteiger partial charge in [-0.1, -0.05) is 32.6 Å². The van der Waals surface area contributed by atoms with Gasteiger partial charge in [0, 0.05) is 19.2 Å². The minimum Gasteiger partial charge on any atom is -0.378 e. The lowest BCUT2D eigenvalue weighted by molar-refractivity contribution is -0.0314. The molecule has 2 unspecified atom stereocenters. The molecule has 1 saturated carbocycles. The van der Waals surface area contributed by atoms with E-state index in [1.54, 1.807) is 0 Å². The molecule has 1 saturated heterocycles. The van der Waals surface area contributed by atoms with Crippen LogP contribution >= 0.6 is 0 Å². The van der Waals surface area contributed by atoms with Gasteiger partial charge in [-0.15, -0.1) is 0 Å². The third-order valence-electron chi connectivity index (χ3n) is 4.17. The van der Waals surface area contributed by atoms with Gasteiger partial charge in [-0.2, -0.15) is 0 Å². The standard InChI is InChI=1S/C15H29NO/c1-2-3-4-5-8-15-13(7-6-11-17-15)12-16-14-9-10-14/h13-16H,2-12H2,1H3. The number of unbranched alkanes of at least 4 members (excludes halogenated alkanes) is 3. The second kappa shape index (κ2) is 7.38. The van der Waals surface area contributed by atoms with E-state index in [2.05, 4.69) is 12.2 Å². The fourth-order valence-corrected chi connectivity index (χ4v) is 2.83. The summed E-state index contributed by atoms with van der Waals surface area (Å²) in [6, 6.07) is 0.845. The lowest BCUT2D eigenvalue weighted by Crippen LogP contribution is -2.37. The maximum Gasteiger partial charge on any atom is 0.0615 e. The van der Waals surface area contributed by atoms with E-state index >= 15 is 0 Å². The molecule has 1 aliphatic carbocycles. The Morgan fingerprint density at radius 1 is 1.12 bits per heavy atom. The van der Waals surface area contributed by atoms with Crippen LogP contribution in [0.5, 0.6) is 0 Å². The molecule has 0 aromatic rings. The molecule has 0 radical (unpaired) electrons. The van der Waals surface area contributed by atoms with Gasteiger partial charge in [-0.25, -0.2) is 0 Å². The van der Waals surface area contributed by atoms with Crippen molar-refractivity contribution in [1.82, 2.24) is 5.32 Å². The first kappa shape index (κ1) is 13.4. The number of ether oxygens (including phenoxy) is 1. The molecule has 1 aliphatic heterocycles. The van der Waals surface area contributed by atoms with Crippen LogP contribution in [0.2, 0.25) is 0 Å². The molecule has 0 amide bonds. The third-order valence-corrected chi connectivity index (χ3v) is 4.17. The highest BCUT2D eigenvalue weighted by Gasteiger charge is 2.28. The second-order valence-corrected chi connectivity index (χ2v) is 5.84. The van der Waals surface area contributed by atoms with E-state index in [9.17, 15) is 0 Å². The molecule has 0 aromatic carbocycles. The van der Waals surface area contributed by atoms with Gasteiger partial charge in [0.25, 0.3) is 0 Å². The Hall–Kier alpha value is -0.0800. The van der Waals surface area contributed by atoms with Crippen LogP contribution in [0.3, 0.4) is 0 Å². The number of hydrogen-bond acceptors (Lipinski definition) is 2. The zero-order chi connectivity index (χ0) is 11.9. The van der Waals surface area contributed by atoms with E-state index in [1.807, 2.05) is 0 Å². The molecular formula is C15H29NO. The summed E-state index contributed by atoms with van der Waals surface area (Å²) in [5.41, 5.74) is 0. The Morgan fingerprint density at radius 2 is 2.00 bits per heavy atom. The molecule has 0 bridgehead atoms. The summed E-state index contributed by atoms with van der Waals surface area (Å²) in [6.07, 6.45) is 12.7. The SMILES string of the molecule is CCCCCCC1OCCCC1CNC1CC1. The maximum atomic E-state index is 5.98. The molecule has 2 rings (SSSR count). The van der Waals surface area contributed by atoms with Gasteiger partial charge in [0.15, 0.2) is 0 Å². The first-order valence-electron chi connectivity index (χ1n) is 7.75. The van der Waals surface area contributed by atoms with E-state index in [0.29, 0.717) is 6.10 Å². The summed E-state index contributed by atoms with van der Waals surface area (Å²) in [7, 11) is 0. The molecule has 2 heteroatoms. The average Bonchev–Trinajstić information content (AvgIpc) is 3.17. The molecule has 2 fully saturated rings. The number of hydrogen-bond donors (Lipinski definition) is 1. The average molecular weight is 239 g/mol. The second-order valence-electron chi connectivity index (χ2n) is 5.84. The fraction of sp³-hybridized carbons (Fsp3) is 1.00. The summed E-state index contributed by atoms with van der Waals surface area (Å²) in [6.45, 7) is 4.47. The van der Waals surface area contributed by atoms with Crippen molar-refractivity contribution in [2.75, 3.05) is 13.2 Å². The Morgan fingerprint density at radius 3 is 2.76 bits per heavy atom. The Kier molecular flexibility index (Phi) is 5.79. The zero-order valence-corrected chi connectivity index (χ0v) is 11.4. The first-order chi connectivity index (χ1) is 8.40. The van der Waals surface area contributed by atoms with E-state index < -0.39 is 0 Å². The van der Waals surface area contributed by atoms with Crippen LogP contribution in [0.25, 0.3) is 0 Å². The van der Waals surface area contributed by atoms with Gasteiger partial charge in [0.05, 0.1) is 6.10 Å². The summed E-state index contributed by atoms with van der Waals surface area (Å²) >= 11 is 0. The van der Waals surface area contributed by atoms with Gasteiger partial charge >= 0.3 is 0 Å². The smallest absolute Gasteiger partial charge is 0.0615 e. The van der Waals surface area contributed by atoms with Crippen molar-refractivity contribution >= 4 is 0 Å². The Balaban J connectivity index is 1.63. The molecule has 17 heavy (non-hydrogen) atoms. The molecule has 1 heterocycles. The van der Waals surface area contributed by atoms with Gasteiger partial charge in [-0.3, -0.25) is 0 Å². The van der Waals surface area contributed by atoms with Crippen molar-refractivity contribution in [1.29, 1.82) is 0 Å².